The molecule has 0 bridgehead atoms. The van der Waals surface area contributed by atoms with Crippen LogP contribution in [-0.2, 0) is 38.4 Å². The Morgan fingerprint density at radius 2 is 1.39 bits per heavy atom. The fourth-order valence-electron chi connectivity index (χ4n) is 7.11. The van der Waals surface area contributed by atoms with Crippen molar-refractivity contribution in [2.24, 2.45) is 11.3 Å². The molecule has 5 heteroatoms. The van der Waals surface area contributed by atoms with E-state index in [0.717, 1.165) is 57.3 Å². The maximum Gasteiger partial charge on any atom is 0.120 e. The normalized spacial score (nSPS) is 12.1. The number of fused-ring (bicyclic) bond motifs is 3. The van der Waals surface area contributed by atoms with Gasteiger partial charge >= 0.3 is 0 Å². The molecule has 281 valence electrons. The second-order valence-electron chi connectivity index (χ2n) is 17.6. The minimum absolute atomic E-state index is 0. The van der Waals surface area contributed by atoms with Crippen LogP contribution in [0.15, 0.2) is 120 Å². The Kier molecular flexibility index (Phi) is 12.7. The van der Waals surface area contributed by atoms with Crippen LogP contribution in [-0.4, -0.2) is 18.0 Å². The van der Waals surface area contributed by atoms with Crippen LogP contribution < -0.4 is 5.19 Å². The Balaban J connectivity index is 0.000000207. The van der Waals surface area contributed by atoms with Gasteiger partial charge in [-0.15, -0.1) is 59.2 Å². The third-order valence-corrected chi connectivity index (χ3v) is 11.9. The van der Waals surface area contributed by atoms with Crippen molar-refractivity contribution < 1.29 is 24.5 Å². The number of para-hydroxylation sites is 1. The van der Waals surface area contributed by atoms with E-state index in [1.807, 2.05) is 36.5 Å². The molecule has 0 aliphatic heterocycles. The molecule has 3 nitrogen and oxygen atoms in total. The summed E-state index contributed by atoms with van der Waals surface area (Å²) < 4.78 is 5.88. The van der Waals surface area contributed by atoms with Crippen LogP contribution in [0, 0.1) is 23.5 Å². The van der Waals surface area contributed by atoms with Crippen molar-refractivity contribution in [1.82, 2.24) is 9.97 Å². The monoisotopic (exact) mass is 907 g/mol. The molecule has 0 amide bonds. The zero-order valence-electron chi connectivity index (χ0n) is 33.6. The molecular formula is C49H54IrN2OSi-2. The first kappa shape index (κ1) is 41.0. The molecule has 1 radical (unpaired) electrons. The van der Waals surface area contributed by atoms with Crippen LogP contribution in [0.2, 0.25) is 19.6 Å². The minimum Gasteiger partial charge on any atom is -0.500 e. The quantitative estimate of drug-likeness (QED) is 0.113. The molecule has 7 aromatic rings. The van der Waals surface area contributed by atoms with E-state index in [1.54, 1.807) is 0 Å². The topological polar surface area (TPSA) is 38.9 Å². The summed E-state index contributed by atoms with van der Waals surface area (Å²) in [4.78, 5) is 9.43. The zero-order chi connectivity index (χ0) is 38.0. The van der Waals surface area contributed by atoms with Crippen molar-refractivity contribution in [3.05, 3.63) is 150 Å². The van der Waals surface area contributed by atoms with Gasteiger partial charge in [-0.25, -0.2) is 0 Å². The van der Waals surface area contributed by atoms with E-state index in [1.165, 1.54) is 27.4 Å². The van der Waals surface area contributed by atoms with Crippen molar-refractivity contribution in [1.29, 1.82) is 0 Å². The Hall–Kier alpha value is -4.15. The molecule has 7 rings (SSSR count). The first-order chi connectivity index (χ1) is 25.1. The molecule has 0 aliphatic rings. The Morgan fingerprint density at radius 3 is 2.09 bits per heavy atom. The van der Waals surface area contributed by atoms with Crippen LogP contribution in [0.1, 0.15) is 70.7 Å². The summed E-state index contributed by atoms with van der Waals surface area (Å²) in [5, 5.41) is 3.73. The number of furan rings is 1. The summed E-state index contributed by atoms with van der Waals surface area (Å²) in [5.41, 5.74) is 11.4. The Morgan fingerprint density at radius 1 is 0.704 bits per heavy atom. The molecular weight excluding hydrogens is 853 g/mol. The predicted molar refractivity (Wildman–Crippen MR) is 228 cm³/mol. The average Bonchev–Trinajstić information content (AvgIpc) is 3.49. The fourth-order valence-corrected chi connectivity index (χ4v) is 8.70. The second kappa shape index (κ2) is 16.7. The van der Waals surface area contributed by atoms with Gasteiger partial charge in [0, 0.05) is 37.9 Å². The van der Waals surface area contributed by atoms with E-state index in [0.29, 0.717) is 5.92 Å². The number of hydrogen-bond acceptors (Lipinski definition) is 3. The van der Waals surface area contributed by atoms with Crippen LogP contribution in [0.25, 0.3) is 44.5 Å². The van der Waals surface area contributed by atoms with Crippen molar-refractivity contribution in [3.63, 3.8) is 0 Å². The predicted octanol–water partition coefficient (Wildman–Crippen LogP) is 12.7. The molecule has 0 unspecified atom stereocenters. The van der Waals surface area contributed by atoms with Crippen molar-refractivity contribution >= 4 is 35.2 Å². The van der Waals surface area contributed by atoms with Gasteiger partial charge in [-0.05, 0) is 63.9 Å². The van der Waals surface area contributed by atoms with Gasteiger partial charge in [-0.2, -0.15) is 0 Å². The molecule has 0 fully saturated rings. The SMILES string of the molecule is CC(C)(C)Cc1ccnc(-c2[c-]cc3oc4ccccc4c3c2)c1.CC(C)Cc1cc(-c2[c-]ccc(C(C)(C)c3ccccc3)c2)ncc1[Si](C)(C)C.[Ir]. The van der Waals surface area contributed by atoms with Crippen molar-refractivity contribution in [2.75, 3.05) is 0 Å². The Labute approximate surface area is 338 Å². The van der Waals surface area contributed by atoms with Crippen molar-refractivity contribution in [3.8, 4) is 22.5 Å². The van der Waals surface area contributed by atoms with E-state index in [2.05, 4.69) is 164 Å². The van der Waals surface area contributed by atoms with Gasteiger partial charge in [-0.3, -0.25) is 0 Å². The Bertz CT molecular complexity index is 2330. The smallest absolute Gasteiger partial charge is 0.120 e. The molecule has 3 aromatic heterocycles. The maximum atomic E-state index is 5.88. The van der Waals surface area contributed by atoms with Crippen LogP contribution in [0.3, 0.4) is 0 Å². The maximum absolute atomic E-state index is 5.88. The number of aromatic nitrogens is 2. The van der Waals surface area contributed by atoms with Gasteiger partial charge in [0.25, 0.3) is 0 Å². The molecule has 0 spiro atoms. The fraction of sp³-hybridized carbons (Fsp3) is 0.306. The van der Waals surface area contributed by atoms with E-state index in [9.17, 15) is 0 Å². The minimum atomic E-state index is -1.43. The summed E-state index contributed by atoms with van der Waals surface area (Å²) in [5.74, 6) is 0.632. The molecule has 54 heavy (non-hydrogen) atoms. The summed E-state index contributed by atoms with van der Waals surface area (Å²) in [6.07, 6.45) is 6.16. The average molecular weight is 907 g/mol. The van der Waals surface area contributed by atoms with Crippen molar-refractivity contribution in [2.45, 2.75) is 86.4 Å². The van der Waals surface area contributed by atoms with Gasteiger partial charge < -0.3 is 14.4 Å². The number of nitrogens with zero attached hydrogens (tertiary/aromatic N) is 2. The van der Waals surface area contributed by atoms with Gasteiger partial charge in [0.15, 0.2) is 0 Å². The largest absolute Gasteiger partial charge is 0.500 e. The molecule has 0 saturated heterocycles. The third-order valence-electron chi connectivity index (χ3n) is 9.87. The summed E-state index contributed by atoms with van der Waals surface area (Å²) in [7, 11) is -1.43. The summed E-state index contributed by atoms with van der Waals surface area (Å²) >= 11 is 0. The van der Waals surface area contributed by atoms with Gasteiger partial charge in [-0.1, -0.05) is 145 Å². The first-order valence-corrected chi connectivity index (χ1v) is 22.4. The van der Waals surface area contributed by atoms with Gasteiger partial charge in [0.05, 0.1) is 13.7 Å². The number of rotatable bonds is 8. The molecule has 4 aromatic carbocycles. The van der Waals surface area contributed by atoms with E-state index in [-0.39, 0.29) is 30.9 Å². The third kappa shape index (κ3) is 9.74. The van der Waals surface area contributed by atoms with Crippen LogP contribution in [0.4, 0.5) is 0 Å². The first-order valence-electron chi connectivity index (χ1n) is 18.9. The molecule has 3 heterocycles. The van der Waals surface area contributed by atoms with E-state index >= 15 is 0 Å². The zero-order valence-corrected chi connectivity index (χ0v) is 37.0. The number of pyridine rings is 2. The number of hydrogen-bond donors (Lipinski definition) is 0. The molecule has 0 atom stereocenters. The van der Waals surface area contributed by atoms with E-state index < -0.39 is 8.07 Å². The van der Waals surface area contributed by atoms with E-state index in [4.69, 9.17) is 9.40 Å². The molecule has 0 saturated carbocycles. The summed E-state index contributed by atoms with van der Waals surface area (Å²) in [6, 6.07) is 42.7. The number of benzene rings is 4. The van der Waals surface area contributed by atoms with Crippen LogP contribution in [0.5, 0.6) is 0 Å². The molecule has 0 aliphatic carbocycles. The van der Waals surface area contributed by atoms with Crippen LogP contribution >= 0.6 is 0 Å². The second-order valence-corrected chi connectivity index (χ2v) is 22.6. The van der Waals surface area contributed by atoms with Gasteiger partial charge in [0.1, 0.15) is 5.58 Å². The summed E-state index contributed by atoms with van der Waals surface area (Å²) in [6.45, 7) is 23.1. The standard InChI is InChI=1S/C27H34NSi.C22H20NO.Ir/c1-20(2)16-22-18-25(28-19-26(22)29(5,6)7)21-12-11-15-24(17-21)27(3,4)23-13-9-8-10-14-23;1-22(2,3)14-15-10-11-23-19(12-15)16-8-9-21-18(13-16)17-6-4-5-7-20(17)24-21;/h8-11,13-15,17-20H,16H2,1-7H3;4-7,9-13H,14H2,1-3H3;/q2*-1;. The molecule has 0 N–H and O–H groups in total. The van der Waals surface area contributed by atoms with Gasteiger partial charge in [0.2, 0.25) is 0 Å².